The van der Waals surface area contributed by atoms with Gasteiger partial charge in [-0.2, -0.15) is 5.12 Å². The summed E-state index contributed by atoms with van der Waals surface area (Å²) in [6, 6.07) is 0.375. The fourth-order valence-corrected chi connectivity index (χ4v) is 2.47. The highest BCUT2D eigenvalue weighted by Gasteiger charge is 2.10. The van der Waals surface area contributed by atoms with Crippen LogP contribution in [0.4, 0.5) is 0 Å². The molecule has 0 aliphatic heterocycles. The molecule has 0 rings (SSSR count). The lowest BCUT2D eigenvalue weighted by Crippen LogP contribution is -2.46. The van der Waals surface area contributed by atoms with Gasteiger partial charge in [0.1, 0.15) is 0 Å². The Morgan fingerprint density at radius 1 is 0.667 bits per heavy atom. The van der Waals surface area contributed by atoms with Crippen molar-refractivity contribution in [2.75, 3.05) is 0 Å². The van der Waals surface area contributed by atoms with Crippen LogP contribution in [0, 0.1) is 0 Å². The Morgan fingerprint density at radius 2 is 1.17 bits per heavy atom. The molecular formula is C15H35N3. The smallest absolute Gasteiger partial charge is 0.0395 e. The summed E-state index contributed by atoms with van der Waals surface area (Å²) < 4.78 is 0. The average molecular weight is 257 g/mol. The standard InChI is InChI=1S/C15H35N3/c1-3-5-6-7-8-9-10-11-12-14-15(13-4-2)18(16)17/h15H,3-14,16-17H2,1-2H3. The van der Waals surface area contributed by atoms with Crippen molar-refractivity contribution in [2.45, 2.75) is 96.9 Å². The zero-order valence-electron chi connectivity index (χ0n) is 12.7. The Hall–Kier alpha value is -0.120. The van der Waals surface area contributed by atoms with Crippen molar-refractivity contribution in [2.24, 2.45) is 11.7 Å². The summed E-state index contributed by atoms with van der Waals surface area (Å²) >= 11 is 0. The summed E-state index contributed by atoms with van der Waals surface area (Å²) in [7, 11) is 0. The van der Waals surface area contributed by atoms with Gasteiger partial charge in [-0.25, -0.2) is 0 Å². The van der Waals surface area contributed by atoms with Gasteiger partial charge in [0.15, 0.2) is 0 Å². The van der Waals surface area contributed by atoms with Gasteiger partial charge in [0, 0.05) is 6.04 Å². The molecule has 0 saturated heterocycles. The van der Waals surface area contributed by atoms with Crippen LogP contribution in [0.1, 0.15) is 90.9 Å². The lowest BCUT2D eigenvalue weighted by Gasteiger charge is -2.22. The lowest BCUT2D eigenvalue weighted by atomic mass is 10.0. The van der Waals surface area contributed by atoms with Crippen LogP contribution in [0.5, 0.6) is 0 Å². The van der Waals surface area contributed by atoms with Crippen molar-refractivity contribution in [3.8, 4) is 0 Å². The molecule has 0 bridgehead atoms. The zero-order chi connectivity index (χ0) is 13.6. The number of hydrazine groups is 2. The molecule has 0 aromatic heterocycles. The molecule has 3 nitrogen and oxygen atoms in total. The van der Waals surface area contributed by atoms with Crippen molar-refractivity contribution in [1.29, 1.82) is 0 Å². The highest BCUT2D eigenvalue weighted by molar-refractivity contribution is 4.63. The minimum absolute atomic E-state index is 0.375. The topological polar surface area (TPSA) is 55.3 Å². The van der Waals surface area contributed by atoms with E-state index in [1.54, 1.807) is 0 Å². The van der Waals surface area contributed by atoms with E-state index >= 15 is 0 Å². The number of hydrogen-bond acceptors (Lipinski definition) is 3. The molecule has 1 unspecified atom stereocenters. The fourth-order valence-electron chi connectivity index (χ4n) is 2.47. The first-order valence-corrected chi connectivity index (χ1v) is 8.01. The Kier molecular flexibility index (Phi) is 13.2. The van der Waals surface area contributed by atoms with Gasteiger partial charge in [-0.3, -0.25) is 11.7 Å². The first-order chi connectivity index (χ1) is 8.72. The molecule has 4 N–H and O–H groups in total. The molecule has 18 heavy (non-hydrogen) atoms. The maximum atomic E-state index is 5.64. The summed E-state index contributed by atoms with van der Waals surface area (Å²) in [4.78, 5) is 0. The highest BCUT2D eigenvalue weighted by Crippen LogP contribution is 2.14. The predicted octanol–water partition coefficient (Wildman–Crippen LogP) is 4.13. The second-order valence-corrected chi connectivity index (χ2v) is 5.51. The Balaban J connectivity index is 3.27. The molecule has 3 heteroatoms. The summed E-state index contributed by atoms with van der Waals surface area (Å²) in [6.07, 6.45) is 15.8. The van der Waals surface area contributed by atoms with E-state index in [2.05, 4.69) is 13.8 Å². The van der Waals surface area contributed by atoms with Crippen LogP contribution in [-0.2, 0) is 0 Å². The largest absolute Gasteiger partial charge is 0.255 e. The van der Waals surface area contributed by atoms with Gasteiger partial charge in [-0.1, -0.05) is 78.1 Å². The maximum absolute atomic E-state index is 5.64. The van der Waals surface area contributed by atoms with E-state index in [1.165, 1.54) is 62.9 Å². The van der Waals surface area contributed by atoms with Crippen molar-refractivity contribution < 1.29 is 0 Å². The van der Waals surface area contributed by atoms with E-state index < -0.39 is 0 Å². The molecule has 0 radical (unpaired) electrons. The van der Waals surface area contributed by atoms with Crippen LogP contribution in [0.2, 0.25) is 0 Å². The van der Waals surface area contributed by atoms with Crippen LogP contribution >= 0.6 is 0 Å². The summed E-state index contributed by atoms with van der Waals surface area (Å²) in [5.41, 5.74) is 0. The monoisotopic (exact) mass is 257 g/mol. The summed E-state index contributed by atoms with van der Waals surface area (Å²) in [6.45, 7) is 4.46. The third-order valence-electron chi connectivity index (χ3n) is 3.68. The average Bonchev–Trinajstić information content (AvgIpc) is 2.35. The maximum Gasteiger partial charge on any atom is 0.0395 e. The number of rotatable bonds is 13. The Morgan fingerprint density at radius 3 is 1.61 bits per heavy atom. The normalized spacial score (nSPS) is 13.2. The van der Waals surface area contributed by atoms with Gasteiger partial charge < -0.3 is 0 Å². The molecule has 0 heterocycles. The van der Waals surface area contributed by atoms with Crippen LogP contribution in [0.3, 0.4) is 0 Å². The lowest BCUT2D eigenvalue weighted by molar-refractivity contribution is 0.179. The third-order valence-corrected chi connectivity index (χ3v) is 3.68. The number of unbranched alkanes of at least 4 members (excludes halogenated alkanes) is 8. The SMILES string of the molecule is CCCCCCCCCCCC(CCC)N(N)N. The molecule has 110 valence electrons. The molecule has 0 aromatic rings. The predicted molar refractivity (Wildman–Crippen MR) is 80.8 cm³/mol. The van der Waals surface area contributed by atoms with Gasteiger partial charge in [-0.15, -0.1) is 0 Å². The van der Waals surface area contributed by atoms with Crippen LogP contribution in [-0.4, -0.2) is 11.2 Å². The van der Waals surface area contributed by atoms with E-state index in [-0.39, 0.29) is 0 Å². The number of nitrogens with two attached hydrogens (primary N) is 2. The molecule has 0 amide bonds. The molecule has 0 spiro atoms. The van der Waals surface area contributed by atoms with Crippen LogP contribution in [0.15, 0.2) is 0 Å². The number of hydrogen-bond donors (Lipinski definition) is 2. The molecule has 0 aromatic carbocycles. The van der Waals surface area contributed by atoms with Crippen LogP contribution < -0.4 is 11.7 Å². The van der Waals surface area contributed by atoms with Crippen molar-refractivity contribution in [1.82, 2.24) is 5.12 Å². The second kappa shape index (κ2) is 13.3. The third kappa shape index (κ3) is 11.0. The fraction of sp³-hybridized carbons (Fsp3) is 1.00. The Labute approximate surface area is 114 Å². The zero-order valence-corrected chi connectivity index (χ0v) is 12.7. The minimum atomic E-state index is 0.375. The van der Waals surface area contributed by atoms with E-state index in [9.17, 15) is 0 Å². The molecule has 0 aliphatic carbocycles. The second-order valence-electron chi connectivity index (χ2n) is 5.51. The van der Waals surface area contributed by atoms with Crippen LogP contribution in [0.25, 0.3) is 0 Å². The van der Waals surface area contributed by atoms with E-state index in [4.69, 9.17) is 11.7 Å². The van der Waals surface area contributed by atoms with Gasteiger partial charge in [0.2, 0.25) is 0 Å². The Bertz CT molecular complexity index is 160. The van der Waals surface area contributed by atoms with Crippen molar-refractivity contribution in [3.05, 3.63) is 0 Å². The number of nitrogens with zero attached hydrogens (tertiary/aromatic N) is 1. The van der Waals surface area contributed by atoms with E-state index in [0.717, 1.165) is 19.3 Å². The van der Waals surface area contributed by atoms with Gasteiger partial charge in [0.25, 0.3) is 0 Å². The first kappa shape index (κ1) is 17.9. The van der Waals surface area contributed by atoms with Gasteiger partial charge >= 0.3 is 0 Å². The van der Waals surface area contributed by atoms with E-state index in [0.29, 0.717) is 6.04 Å². The molecular weight excluding hydrogens is 222 g/mol. The molecule has 0 saturated carbocycles. The first-order valence-electron chi connectivity index (χ1n) is 8.01. The molecule has 1 atom stereocenters. The summed E-state index contributed by atoms with van der Waals surface area (Å²) in [5.74, 6) is 11.3. The quantitative estimate of drug-likeness (QED) is 0.296. The van der Waals surface area contributed by atoms with Crippen molar-refractivity contribution in [3.63, 3.8) is 0 Å². The van der Waals surface area contributed by atoms with E-state index in [1.807, 2.05) is 0 Å². The molecule has 0 fully saturated rings. The highest BCUT2D eigenvalue weighted by atomic mass is 15.6. The minimum Gasteiger partial charge on any atom is -0.255 e. The van der Waals surface area contributed by atoms with Gasteiger partial charge in [-0.05, 0) is 12.8 Å². The summed E-state index contributed by atoms with van der Waals surface area (Å²) in [5, 5.41) is 1.41. The van der Waals surface area contributed by atoms with Crippen molar-refractivity contribution >= 4 is 0 Å². The molecule has 0 aliphatic rings. The van der Waals surface area contributed by atoms with Gasteiger partial charge in [0.05, 0.1) is 0 Å².